The topological polar surface area (TPSA) is 298 Å². The average molecular weight is 798 g/mol. The van der Waals surface area contributed by atoms with Gasteiger partial charge in [0.15, 0.2) is 5.96 Å². The summed E-state index contributed by atoms with van der Waals surface area (Å²) >= 11 is 0. The molecule has 20 nitrogen and oxygen atoms in total. The van der Waals surface area contributed by atoms with Crippen LogP contribution < -0.4 is 38.1 Å². The van der Waals surface area contributed by atoms with Crippen molar-refractivity contribution < 1.29 is 43.1 Å². The van der Waals surface area contributed by atoms with Crippen LogP contribution in [0.1, 0.15) is 107 Å². The molecule has 0 radical (unpaired) electrons. The first-order valence-electron chi connectivity index (χ1n) is 19.0. The maximum Gasteiger partial charge on any atom is 0.408 e. The lowest BCUT2D eigenvalue weighted by molar-refractivity contribution is -0.134. The zero-order valence-electron chi connectivity index (χ0n) is 33.1. The van der Waals surface area contributed by atoms with Crippen LogP contribution in [0.25, 0.3) is 0 Å². The Balaban J connectivity index is 1.74. The normalized spacial score (nSPS) is 15.8. The summed E-state index contributed by atoms with van der Waals surface area (Å²) < 4.78 is 5.35. The number of nitrogens with zero attached hydrogens (tertiary/aromatic N) is 4. The van der Waals surface area contributed by atoms with Crippen molar-refractivity contribution in [3.63, 3.8) is 0 Å². The number of guanidine groups is 1. The minimum Gasteiger partial charge on any atom is -0.444 e. The van der Waals surface area contributed by atoms with E-state index in [0.29, 0.717) is 19.5 Å². The Morgan fingerprint density at radius 3 is 2.16 bits per heavy atom. The average Bonchev–Trinajstić information content (AvgIpc) is 3.16. The van der Waals surface area contributed by atoms with E-state index in [9.17, 15) is 38.4 Å². The Bertz CT molecular complexity index is 1730. The third-order valence-corrected chi connectivity index (χ3v) is 9.16. The van der Waals surface area contributed by atoms with Gasteiger partial charge >= 0.3 is 6.09 Å². The third-order valence-electron chi connectivity index (χ3n) is 9.16. The van der Waals surface area contributed by atoms with E-state index in [1.807, 2.05) is 6.92 Å². The minimum absolute atomic E-state index is 0.0193. The Hall–Kier alpha value is -5.95. The molecule has 1 fully saturated rings. The van der Waals surface area contributed by atoms with Gasteiger partial charge in [0, 0.05) is 31.7 Å². The number of ether oxygens (including phenoxy) is 1. The summed E-state index contributed by atoms with van der Waals surface area (Å²) in [7, 11) is 0. The smallest absolute Gasteiger partial charge is 0.408 e. The fourth-order valence-electron chi connectivity index (χ4n) is 5.96. The van der Waals surface area contributed by atoms with Gasteiger partial charge in [-0.05, 0) is 83.4 Å². The molecule has 1 aromatic rings. The zero-order chi connectivity index (χ0) is 42.3. The van der Waals surface area contributed by atoms with Crippen molar-refractivity contribution in [3.8, 4) is 0 Å². The van der Waals surface area contributed by atoms with Crippen molar-refractivity contribution in [3.05, 3.63) is 29.3 Å². The molecule has 2 heterocycles. The molecular weight excluding hydrogens is 742 g/mol. The fraction of sp³-hybridized carbons (Fsp3) is 0.595. The maximum atomic E-state index is 13.6. The first-order chi connectivity index (χ1) is 26.9. The van der Waals surface area contributed by atoms with E-state index in [2.05, 4.69) is 41.8 Å². The molecule has 2 aliphatic rings. The number of hydrogen-bond acceptors (Lipinski definition) is 10. The molecule has 0 aliphatic carbocycles. The molecule has 1 saturated heterocycles. The van der Waals surface area contributed by atoms with Gasteiger partial charge in [0.25, 0.3) is 11.8 Å². The van der Waals surface area contributed by atoms with Crippen LogP contribution >= 0.6 is 0 Å². The lowest BCUT2D eigenvalue weighted by Crippen LogP contribution is -2.57. The molecule has 0 unspecified atom stereocenters. The number of carbonyl (C=O) groups is 8. The molecule has 8 amide bonds. The number of fused-ring (bicyclic) bond motifs is 1. The number of amides is 8. The number of piperidine rings is 1. The van der Waals surface area contributed by atoms with Crippen molar-refractivity contribution in [2.75, 3.05) is 31.5 Å². The van der Waals surface area contributed by atoms with Crippen LogP contribution in [-0.2, 0) is 28.7 Å². The molecular formula is C37H55N11O9. The molecule has 20 heteroatoms. The molecule has 2 aliphatic heterocycles. The number of rotatable bonds is 18. The van der Waals surface area contributed by atoms with Crippen LogP contribution in [0.4, 0.5) is 10.5 Å². The summed E-state index contributed by atoms with van der Waals surface area (Å²) in [5.74, 6) is -5.10. The first-order valence-corrected chi connectivity index (χ1v) is 19.0. The van der Waals surface area contributed by atoms with Crippen molar-refractivity contribution in [2.45, 2.75) is 110 Å². The number of alkyl carbamates (subject to hydrolysis) is 1. The quantitative estimate of drug-likeness (QED) is 0.0630. The number of anilines is 1. The molecule has 4 atom stereocenters. The molecule has 0 spiro atoms. The SMILES string of the molecule is CC[C@H](C)[C@H](NC(=O)OC(C)(C)C)C(=O)N[C@@H](CCC(=O)N1CCCCC1)C(=O)NCC(=O)N[C@@H](CCCN=C(N)N)C(=O)Nc1ccc2c(c1)C(=O)N=NC2=O. The summed E-state index contributed by atoms with van der Waals surface area (Å²) in [6.07, 6.45) is 2.56. The predicted octanol–water partition coefficient (Wildman–Crippen LogP) is 1.24. The molecule has 57 heavy (non-hydrogen) atoms. The standard InChI is InChI=1S/C37H55N11O9/c1-6-21(2)29(45-36(56)57-37(3,4)5)34(55)44-26(14-15-28(50)48-17-8-7-9-18-48)32(53)41-20-27(49)43-25(11-10-16-40-35(38)39)33(54)42-22-12-13-23-24(19-22)31(52)47-46-30(23)51/h12-13,19,21,25-26,29H,6-11,14-18,20H2,1-5H3,(H,41,53)(H,42,54)(H,43,49)(H,44,55)(H,45,56)(H4,38,39,40)/t21-,25-,26-,29-/m0/s1. The number of nitrogens with one attached hydrogen (secondary N) is 5. The highest BCUT2D eigenvalue weighted by Gasteiger charge is 2.33. The summed E-state index contributed by atoms with van der Waals surface area (Å²) in [6.45, 7) is 9.33. The molecule has 0 aromatic heterocycles. The minimum atomic E-state index is -1.28. The van der Waals surface area contributed by atoms with E-state index in [1.165, 1.54) is 18.2 Å². The van der Waals surface area contributed by atoms with Gasteiger partial charge in [0.05, 0.1) is 17.7 Å². The molecule has 0 saturated carbocycles. The largest absolute Gasteiger partial charge is 0.444 e. The highest BCUT2D eigenvalue weighted by molar-refractivity contribution is 6.12. The van der Waals surface area contributed by atoms with Crippen LogP contribution in [0.5, 0.6) is 0 Å². The highest BCUT2D eigenvalue weighted by Crippen LogP contribution is 2.22. The molecule has 1 aromatic carbocycles. The van der Waals surface area contributed by atoms with Crippen LogP contribution in [0.2, 0.25) is 0 Å². The van der Waals surface area contributed by atoms with Crippen LogP contribution in [0.3, 0.4) is 0 Å². The van der Waals surface area contributed by atoms with Gasteiger partial charge in [-0.2, -0.15) is 0 Å². The first kappa shape index (κ1) is 45.4. The van der Waals surface area contributed by atoms with E-state index in [-0.39, 0.29) is 66.8 Å². The van der Waals surface area contributed by atoms with Crippen molar-refractivity contribution in [2.24, 2.45) is 32.6 Å². The van der Waals surface area contributed by atoms with Crippen molar-refractivity contribution in [1.29, 1.82) is 0 Å². The number of hydrogen-bond donors (Lipinski definition) is 7. The summed E-state index contributed by atoms with van der Waals surface area (Å²) in [6, 6.07) is 0.438. The fourth-order valence-corrected chi connectivity index (χ4v) is 5.96. The van der Waals surface area contributed by atoms with E-state index in [4.69, 9.17) is 16.2 Å². The van der Waals surface area contributed by atoms with Gasteiger partial charge in [-0.25, -0.2) is 4.79 Å². The predicted molar refractivity (Wildman–Crippen MR) is 208 cm³/mol. The maximum absolute atomic E-state index is 13.6. The number of nitrogens with two attached hydrogens (primary N) is 2. The van der Waals surface area contributed by atoms with Gasteiger partial charge in [-0.3, -0.25) is 38.6 Å². The van der Waals surface area contributed by atoms with E-state index >= 15 is 0 Å². The summed E-state index contributed by atoms with van der Waals surface area (Å²) in [4.78, 5) is 109. The monoisotopic (exact) mass is 797 g/mol. The highest BCUT2D eigenvalue weighted by atomic mass is 16.6. The number of aliphatic imine (C=N–C) groups is 1. The summed E-state index contributed by atoms with van der Waals surface area (Å²) in [5.41, 5.74) is 10.1. The van der Waals surface area contributed by atoms with Crippen LogP contribution in [-0.4, -0.2) is 108 Å². The lowest BCUT2D eigenvalue weighted by Gasteiger charge is -2.29. The second-order valence-corrected chi connectivity index (χ2v) is 14.9. The van der Waals surface area contributed by atoms with Gasteiger partial charge in [-0.1, -0.05) is 20.3 Å². The van der Waals surface area contributed by atoms with Gasteiger partial charge in [0.2, 0.25) is 29.5 Å². The lowest BCUT2D eigenvalue weighted by atomic mass is 9.97. The van der Waals surface area contributed by atoms with Crippen LogP contribution in [0.15, 0.2) is 33.4 Å². The molecule has 312 valence electrons. The van der Waals surface area contributed by atoms with Crippen molar-refractivity contribution in [1.82, 2.24) is 26.2 Å². The van der Waals surface area contributed by atoms with Crippen molar-refractivity contribution >= 4 is 59.1 Å². The third kappa shape index (κ3) is 14.9. The molecule has 9 N–H and O–H groups in total. The second kappa shape index (κ2) is 21.4. The summed E-state index contributed by atoms with van der Waals surface area (Å²) in [5, 5.41) is 19.5. The second-order valence-electron chi connectivity index (χ2n) is 14.9. The molecule has 3 rings (SSSR count). The van der Waals surface area contributed by atoms with Gasteiger partial charge in [0.1, 0.15) is 23.7 Å². The zero-order valence-corrected chi connectivity index (χ0v) is 33.1. The Labute approximate surface area is 331 Å². The van der Waals surface area contributed by atoms with E-state index in [0.717, 1.165) is 19.3 Å². The van der Waals surface area contributed by atoms with Gasteiger partial charge < -0.3 is 47.7 Å². The Morgan fingerprint density at radius 1 is 0.877 bits per heavy atom. The number of azo groups is 1. The number of carbonyl (C=O) groups excluding carboxylic acids is 8. The van der Waals surface area contributed by atoms with Gasteiger partial charge in [-0.15, -0.1) is 10.2 Å². The Kier molecular flexibility index (Phi) is 17.0. The van der Waals surface area contributed by atoms with Crippen LogP contribution in [0, 0.1) is 5.92 Å². The van der Waals surface area contributed by atoms with E-state index in [1.54, 1.807) is 32.6 Å². The number of benzene rings is 1. The number of likely N-dealkylation sites (tertiary alicyclic amines) is 1. The Morgan fingerprint density at radius 2 is 1.53 bits per heavy atom. The molecule has 0 bridgehead atoms. The van der Waals surface area contributed by atoms with E-state index < -0.39 is 71.8 Å².